The monoisotopic (exact) mass is 385 g/mol. The van der Waals surface area contributed by atoms with Crippen LogP contribution in [-0.4, -0.2) is 43.7 Å². The number of hydrogen-bond acceptors (Lipinski definition) is 3. The lowest BCUT2D eigenvalue weighted by atomic mass is 10.1. The van der Waals surface area contributed by atoms with Crippen molar-refractivity contribution in [2.45, 2.75) is 38.3 Å². The molecule has 2 fully saturated rings. The molecule has 2 aliphatic rings. The number of hydrogen-bond donors (Lipinski definition) is 1. The van der Waals surface area contributed by atoms with Gasteiger partial charge in [-0.25, -0.2) is 0 Å². The molecular weight excluding hydrogens is 362 g/mol. The molecule has 3 rings (SSSR count). The third-order valence-corrected chi connectivity index (χ3v) is 5.89. The highest BCUT2D eigenvalue weighted by atomic mass is 79.9. The van der Waals surface area contributed by atoms with Gasteiger partial charge in [-0.05, 0) is 59.7 Å². The largest absolute Gasteiger partial charge is 0.378 e. The zero-order valence-electron chi connectivity index (χ0n) is 13.1. The van der Waals surface area contributed by atoms with Gasteiger partial charge in [0.2, 0.25) is 0 Å². The van der Waals surface area contributed by atoms with Crippen LogP contribution in [-0.2, 0) is 11.3 Å². The predicted molar refractivity (Wildman–Crippen MR) is 95.5 cm³/mol. The highest BCUT2D eigenvalue weighted by Crippen LogP contribution is 2.30. The molecule has 1 aromatic heterocycles. The van der Waals surface area contributed by atoms with E-state index < -0.39 is 0 Å². The Hall–Kier alpha value is -0.590. The first-order chi connectivity index (χ1) is 10.7. The first-order valence-electron chi connectivity index (χ1n) is 8.06. The molecular formula is C16H24BrN3OS. The molecule has 0 spiro atoms. The van der Waals surface area contributed by atoms with E-state index in [1.165, 1.54) is 21.5 Å². The van der Waals surface area contributed by atoms with Crippen molar-refractivity contribution in [1.29, 1.82) is 0 Å². The number of nitrogens with one attached hydrogen (secondary N) is 1. The topological polar surface area (TPSA) is 36.9 Å². The molecule has 0 radical (unpaired) electrons. The second-order valence-electron chi connectivity index (χ2n) is 6.07. The average molecular weight is 386 g/mol. The quantitative estimate of drug-likeness (QED) is 0.622. The summed E-state index contributed by atoms with van der Waals surface area (Å²) < 4.78 is 7.18. The van der Waals surface area contributed by atoms with Gasteiger partial charge in [-0.15, -0.1) is 11.3 Å². The van der Waals surface area contributed by atoms with Crippen molar-refractivity contribution < 1.29 is 4.74 Å². The van der Waals surface area contributed by atoms with Crippen LogP contribution in [0.15, 0.2) is 20.9 Å². The fourth-order valence-corrected chi connectivity index (χ4v) is 4.16. The van der Waals surface area contributed by atoms with Crippen molar-refractivity contribution in [3.63, 3.8) is 0 Å². The van der Waals surface area contributed by atoms with Crippen molar-refractivity contribution in [1.82, 2.24) is 10.2 Å². The van der Waals surface area contributed by atoms with E-state index in [9.17, 15) is 0 Å². The van der Waals surface area contributed by atoms with Crippen LogP contribution in [0.1, 0.15) is 30.6 Å². The smallest absolute Gasteiger partial charge is 0.193 e. The third-order valence-electron chi connectivity index (χ3n) is 4.27. The number of ether oxygens (including phenoxy) is 1. The van der Waals surface area contributed by atoms with Crippen LogP contribution >= 0.6 is 27.3 Å². The molecule has 1 aliphatic carbocycles. The second-order valence-corrected chi connectivity index (χ2v) is 8.62. The summed E-state index contributed by atoms with van der Waals surface area (Å²) in [5, 5.41) is 3.47. The zero-order valence-corrected chi connectivity index (χ0v) is 15.5. The molecule has 0 bridgehead atoms. The number of aliphatic imine (C=N–C) groups is 1. The lowest BCUT2D eigenvalue weighted by Gasteiger charge is -2.34. The van der Waals surface area contributed by atoms with E-state index in [2.05, 4.69) is 43.3 Å². The summed E-state index contributed by atoms with van der Waals surface area (Å²) in [5.41, 5.74) is 0. The van der Waals surface area contributed by atoms with E-state index in [0.29, 0.717) is 6.10 Å². The summed E-state index contributed by atoms with van der Waals surface area (Å²) >= 11 is 5.27. The van der Waals surface area contributed by atoms with Crippen molar-refractivity contribution in [3.05, 3.63) is 20.8 Å². The number of thiophene rings is 1. The summed E-state index contributed by atoms with van der Waals surface area (Å²) in [6, 6.07) is 4.24. The van der Waals surface area contributed by atoms with E-state index >= 15 is 0 Å². The van der Waals surface area contributed by atoms with Crippen molar-refractivity contribution in [2.24, 2.45) is 10.9 Å². The maximum absolute atomic E-state index is 6.01. The Morgan fingerprint density at radius 1 is 1.36 bits per heavy atom. The van der Waals surface area contributed by atoms with Crippen LogP contribution in [0.25, 0.3) is 0 Å². The molecule has 0 amide bonds. The Balaban J connectivity index is 1.41. The Labute approximate surface area is 145 Å². The first-order valence-corrected chi connectivity index (χ1v) is 9.67. The van der Waals surface area contributed by atoms with E-state index in [4.69, 9.17) is 4.74 Å². The molecule has 1 saturated heterocycles. The Kier molecular flexibility index (Phi) is 5.77. The lowest BCUT2D eigenvalue weighted by Crippen LogP contribution is -2.46. The normalized spacial score (nSPS) is 20.5. The van der Waals surface area contributed by atoms with Gasteiger partial charge in [-0.3, -0.25) is 4.99 Å². The molecule has 122 valence electrons. The highest BCUT2D eigenvalue weighted by Gasteiger charge is 2.26. The minimum atomic E-state index is 0.447. The molecule has 1 aliphatic heterocycles. The third kappa shape index (κ3) is 4.70. The molecule has 0 aromatic carbocycles. The molecule has 4 nitrogen and oxygen atoms in total. The summed E-state index contributed by atoms with van der Waals surface area (Å²) in [5.74, 6) is 1.86. The van der Waals surface area contributed by atoms with Crippen LogP contribution in [0.5, 0.6) is 0 Å². The molecule has 22 heavy (non-hydrogen) atoms. The summed E-state index contributed by atoms with van der Waals surface area (Å²) in [6.07, 6.45) is 5.40. The van der Waals surface area contributed by atoms with Crippen molar-refractivity contribution in [2.75, 3.05) is 26.7 Å². The number of piperidine rings is 1. The maximum Gasteiger partial charge on any atom is 0.193 e. The minimum Gasteiger partial charge on any atom is -0.378 e. The van der Waals surface area contributed by atoms with Crippen LogP contribution in [0.3, 0.4) is 0 Å². The number of likely N-dealkylation sites (tertiary alicyclic amines) is 1. The zero-order chi connectivity index (χ0) is 15.4. The molecule has 1 N–H and O–H groups in total. The van der Waals surface area contributed by atoms with Gasteiger partial charge in [0.25, 0.3) is 0 Å². The fourth-order valence-electron chi connectivity index (χ4n) is 2.74. The van der Waals surface area contributed by atoms with Gasteiger partial charge >= 0.3 is 0 Å². The van der Waals surface area contributed by atoms with Gasteiger partial charge in [0.15, 0.2) is 5.96 Å². The molecule has 1 aromatic rings. The fraction of sp³-hybridized carbons (Fsp3) is 0.688. The molecule has 1 saturated carbocycles. The molecule has 0 atom stereocenters. The maximum atomic E-state index is 6.01. The van der Waals surface area contributed by atoms with Gasteiger partial charge in [0.1, 0.15) is 0 Å². The van der Waals surface area contributed by atoms with Gasteiger partial charge < -0.3 is 15.0 Å². The number of rotatable bonds is 5. The minimum absolute atomic E-state index is 0.447. The Bertz CT molecular complexity index is 507. The van der Waals surface area contributed by atoms with E-state index in [-0.39, 0.29) is 0 Å². The van der Waals surface area contributed by atoms with Crippen molar-refractivity contribution in [3.8, 4) is 0 Å². The molecule has 6 heteroatoms. The highest BCUT2D eigenvalue weighted by molar-refractivity contribution is 9.11. The number of nitrogens with zero attached hydrogens (tertiary/aromatic N) is 2. The summed E-state index contributed by atoms with van der Waals surface area (Å²) in [4.78, 5) is 8.09. The van der Waals surface area contributed by atoms with Crippen LogP contribution < -0.4 is 5.32 Å². The van der Waals surface area contributed by atoms with Crippen LogP contribution in [0, 0.1) is 5.92 Å². The number of halogens is 1. The van der Waals surface area contributed by atoms with Gasteiger partial charge in [-0.1, -0.05) is 0 Å². The molecule has 0 unspecified atom stereocenters. The Morgan fingerprint density at radius 2 is 2.14 bits per heavy atom. The summed E-state index contributed by atoms with van der Waals surface area (Å²) in [7, 11) is 1.86. The lowest BCUT2D eigenvalue weighted by molar-refractivity contribution is 0.0131. The van der Waals surface area contributed by atoms with Crippen LogP contribution in [0.4, 0.5) is 0 Å². The van der Waals surface area contributed by atoms with E-state index in [1.807, 2.05) is 7.05 Å². The van der Waals surface area contributed by atoms with E-state index in [0.717, 1.165) is 51.0 Å². The molecule has 2 heterocycles. The van der Waals surface area contributed by atoms with Gasteiger partial charge in [-0.2, -0.15) is 0 Å². The number of guanidine groups is 1. The summed E-state index contributed by atoms with van der Waals surface area (Å²) in [6.45, 7) is 3.87. The van der Waals surface area contributed by atoms with Gasteiger partial charge in [0.05, 0.1) is 16.4 Å². The Morgan fingerprint density at radius 3 is 2.73 bits per heavy atom. The first kappa shape index (κ1) is 16.3. The second kappa shape index (κ2) is 7.79. The van der Waals surface area contributed by atoms with Crippen molar-refractivity contribution >= 4 is 33.2 Å². The van der Waals surface area contributed by atoms with Gasteiger partial charge in [0, 0.05) is 31.6 Å². The van der Waals surface area contributed by atoms with Crippen LogP contribution in [0.2, 0.25) is 0 Å². The van der Waals surface area contributed by atoms with E-state index in [1.54, 1.807) is 11.3 Å². The standard InChI is InChI=1S/C16H24BrN3OS/c1-18-16(19-10-14-4-5-15(17)22-14)20-8-6-13(7-9-20)21-11-12-2-3-12/h4-5,12-13H,2-3,6-11H2,1H3,(H,18,19). The predicted octanol–water partition coefficient (Wildman–Crippen LogP) is 3.48. The average Bonchev–Trinajstić information content (AvgIpc) is 3.28. The SMILES string of the molecule is CN=C(NCc1ccc(Br)s1)N1CCC(OCC2CC2)CC1.